The monoisotopic (exact) mass is 351 g/mol. The van der Waals surface area contributed by atoms with Gasteiger partial charge in [0.25, 0.3) is 0 Å². The second kappa shape index (κ2) is 8.38. The SMILES string of the molecule is CN=C(NCCc1cn2ccccc2n1)N(C)Cc1ccccc1OC. The standard InChI is InChI=1S/C20H25N5O/c1-21-20(24(2)14-16-8-4-5-9-18(16)26-3)22-12-11-17-15-25-13-7-6-10-19(25)23-17/h4-10,13,15H,11-12,14H2,1-3H3,(H,21,22). The molecule has 2 aromatic heterocycles. The predicted octanol–water partition coefficient (Wildman–Crippen LogP) is 2.59. The maximum atomic E-state index is 5.43. The van der Waals surface area contributed by atoms with Crippen LogP contribution in [0.3, 0.4) is 0 Å². The third-order valence-corrected chi connectivity index (χ3v) is 4.25. The molecule has 0 aliphatic heterocycles. The molecule has 0 unspecified atom stereocenters. The van der Waals surface area contributed by atoms with Crippen LogP contribution >= 0.6 is 0 Å². The fourth-order valence-corrected chi connectivity index (χ4v) is 2.96. The van der Waals surface area contributed by atoms with Gasteiger partial charge in [0.05, 0.1) is 12.8 Å². The number of guanidine groups is 1. The fourth-order valence-electron chi connectivity index (χ4n) is 2.96. The normalized spacial score (nSPS) is 11.6. The minimum atomic E-state index is 0.720. The molecule has 0 aliphatic rings. The van der Waals surface area contributed by atoms with Crippen molar-refractivity contribution in [3.63, 3.8) is 0 Å². The lowest BCUT2D eigenvalue weighted by Gasteiger charge is -2.23. The number of pyridine rings is 1. The molecule has 6 nitrogen and oxygen atoms in total. The molecular formula is C20H25N5O. The zero-order chi connectivity index (χ0) is 18.4. The molecule has 0 radical (unpaired) electrons. The van der Waals surface area contributed by atoms with Gasteiger partial charge in [-0.3, -0.25) is 4.99 Å². The number of aromatic nitrogens is 2. The van der Waals surface area contributed by atoms with Gasteiger partial charge in [-0.2, -0.15) is 0 Å². The summed E-state index contributed by atoms with van der Waals surface area (Å²) in [6.07, 6.45) is 4.92. The molecule has 26 heavy (non-hydrogen) atoms. The molecule has 1 aromatic carbocycles. The Morgan fingerprint density at radius 1 is 1.23 bits per heavy atom. The van der Waals surface area contributed by atoms with Crippen molar-refractivity contribution >= 4 is 11.6 Å². The summed E-state index contributed by atoms with van der Waals surface area (Å²) in [6.45, 7) is 1.49. The van der Waals surface area contributed by atoms with Crippen LogP contribution in [0, 0.1) is 0 Å². The summed E-state index contributed by atoms with van der Waals surface area (Å²) in [7, 11) is 5.51. The van der Waals surface area contributed by atoms with Crippen LogP contribution in [-0.4, -0.2) is 48.0 Å². The van der Waals surface area contributed by atoms with E-state index in [0.29, 0.717) is 0 Å². The van der Waals surface area contributed by atoms with Gasteiger partial charge in [-0.25, -0.2) is 4.98 Å². The van der Waals surface area contributed by atoms with Crippen LogP contribution in [0.15, 0.2) is 59.9 Å². The van der Waals surface area contributed by atoms with Crippen molar-refractivity contribution in [1.29, 1.82) is 0 Å². The molecule has 0 atom stereocenters. The minimum Gasteiger partial charge on any atom is -0.496 e. The third kappa shape index (κ3) is 4.14. The Labute approximate surface area is 154 Å². The fraction of sp³-hybridized carbons (Fsp3) is 0.300. The first kappa shape index (κ1) is 17.8. The van der Waals surface area contributed by atoms with Gasteiger partial charge in [0.2, 0.25) is 0 Å². The van der Waals surface area contributed by atoms with E-state index in [0.717, 1.165) is 48.1 Å². The highest BCUT2D eigenvalue weighted by atomic mass is 16.5. The number of hydrogen-bond donors (Lipinski definition) is 1. The number of benzene rings is 1. The molecule has 0 saturated heterocycles. The quantitative estimate of drug-likeness (QED) is 0.548. The van der Waals surface area contributed by atoms with Crippen molar-refractivity contribution in [2.75, 3.05) is 27.7 Å². The predicted molar refractivity (Wildman–Crippen MR) is 105 cm³/mol. The maximum absolute atomic E-state index is 5.43. The summed E-state index contributed by atoms with van der Waals surface area (Å²) in [5.74, 6) is 1.74. The first-order chi connectivity index (χ1) is 12.7. The van der Waals surface area contributed by atoms with Gasteiger partial charge in [-0.1, -0.05) is 24.3 Å². The van der Waals surface area contributed by atoms with Gasteiger partial charge >= 0.3 is 0 Å². The zero-order valence-electron chi connectivity index (χ0n) is 15.5. The number of nitrogens with one attached hydrogen (secondary N) is 1. The Balaban J connectivity index is 1.57. The number of para-hydroxylation sites is 1. The minimum absolute atomic E-state index is 0.720. The summed E-state index contributed by atoms with van der Waals surface area (Å²) in [5, 5.41) is 3.41. The molecule has 2 heterocycles. The molecule has 0 aliphatic carbocycles. The lowest BCUT2D eigenvalue weighted by atomic mass is 10.2. The molecular weight excluding hydrogens is 326 g/mol. The number of fused-ring (bicyclic) bond motifs is 1. The number of ether oxygens (including phenoxy) is 1. The molecule has 6 heteroatoms. The highest BCUT2D eigenvalue weighted by Gasteiger charge is 2.10. The highest BCUT2D eigenvalue weighted by molar-refractivity contribution is 5.79. The average molecular weight is 351 g/mol. The number of imidazole rings is 1. The summed E-state index contributed by atoms with van der Waals surface area (Å²) in [5.41, 5.74) is 3.16. The zero-order valence-corrected chi connectivity index (χ0v) is 15.5. The molecule has 1 N–H and O–H groups in total. The van der Waals surface area contributed by atoms with E-state index >= 15 is 0 Å². The van der Waals surface area contributed by atoms with E-state index in [2.05, 4.69) is 32.5 Å². The molecule has 3 rings (SSSR count). The summed E-state index contributed by atoms with van der Waals surface area (Å²) < 4.78 is 7.47. The Hall–Kier alpha value is -3.02. The van der Waals surface area contributed by atoms with E-state index in [1.54, 1.807) is 14.2 Å². The van der Waals surface area contributed by atoms with Crippen LogP contribution < -0.4 is 10.1 Å². The van der Waals surface area contributed by atoms with E-state index in [4.69, 9.17) is 4.74 Å². The van der Waals surface area contributed by atoms with Crippen molar-refractivity contribution in [3.8, 4) is 5.75 Å². The van der Waals surface area contributed by atoms with Gasteiger partial charge in [-0.05, 0) is 18.2 Å². The van der Waals surface area contributed by atoms with Gasteiger partial charge in [0.1, 0.15) is 11.4 Å². The topological polar surface area (TPSA) is 54.2 Å². The number of aliphatic imine (C=N–C) groups is 1. The van der Waals surface area contributed by atoms with Gasteiger partial charge in [0, 0.05) is 51.6 Å². The van der Waals surface area contributed by atoms with Crippen LogP contribution in [0.4, 0.5) is 0 Å². The Bertz CT molecular complexity index is 854. The molecule has 0 fully saturated rings. The van der Waals surface area contributed by atoms with Crippen LogP contribution in [0.5, 0.6) is 5.75 Å². The second-order valence-corrected chi connectivity index (χ2v) is 6.09. The number of methoxy groups -OCH3 is 1. The Morgan fingerprint density at radius 3 is 2.81 bits per heavy atom. The number of hydrogen-bond acceptors (Lipinski definition) is 3. The summed E-state index contributed by atoms with van der Waals surface area (Å²) >= 11 is 0. The van der Waals surface area contributed by atoms with Crippen molar-refractivity contribution in [3.05, 3.63) is 66.1 Å². The first-order valence-electron chi connectivity index (χ1n) is 8.67. The lowest BCUT2D eigenvalue weighted by Crippen LogP contribution is -2.39. The smallest absolute Gasteiger partial charge is 0.193 e. The van der Waals surface area contributed by atoms with Crippen LogP contribution in [0.2, 0.25) is 0 Å². The maximum Gasteiger partial charge on any atom is 0.193 e. The highest BCUT2D eigenvalue weighted by Crippen LogP contribution is 2.18. The molecule has 3 aromatic rings. The third-order valence-electron chi connectivity index (χ3n) is 4.25. The first-order valence-corrected chi connectivity index (χ1v) is 8.67. The van der Waals surface area contributed by atoms with Crippen molar-refractivity contribution in [1.82, 2.24) is 19.6 Å². The average Bonchev–Trinajstić information content (AvgIpc) is 3.08. The van der Waals surface area contributed by atoms with E-state index in [9.17, 15) is 0 Å². The van der Waals surface area contributed by atoms with Crippen molar-refractivity contribution < 1.29 is 4.74 Å². The number of nitrogens with zero attached hydrogens (tertiary/aromatic N) is 4. The van der Waals surface area contributed by atoms with E-state index < -0.39 is 0 Å². The van der Waals surface area contributed by atoms with Gasteiger partial charge in [-0.15, -0.1) is 0 Å². The van der Waals surface area contributed by atoms with E-state index in [1.165, 1.54) is 0 Å². The Morgan fingerprint density at radius 2 is 2.04 bits per heavy atom. The molecule has 136 valence electrons. The second-order valence-electron chi connectivity index (χ2n) is 6.09. The number of rotatable bonds is 6. The Kier molecular flexibility index (Phi) is 5.73. The lowest BCUT2D eigenvalue weighted by molar-refractivity contribution is 0.396. The molecule has 0 spiro atoms. The van der Waals surface area contributed by atoms with Crippen LogP contribution in [0.25, 0.3) is 5.65 Å². The molecule has 0 amide bonds. The molecule has 0 saturated carbocycles. The van der Waals surface area contributed by atoms with Gasteiger partial charge < -0.3 is 19.4 Å². The summed E-state index contributed by atoms with van der Waals surface area (Å²) in [6, 6.07) is 14.1. The van der Waals surface area contributed by atoms with E-state index in [-0.39, 0.29) is 0 Å². The van der Waals surface area contributed by atoms with Gasteiger partial charge in [0.15, 0.2) is 5.96 Å². The van der Waals surface area contributed by atoms with Crippen LogP contribution in [-0.2, 0) is 13.0 Å². The van der Waals surface area contributed by atoms with E-state index in [1.807, 2.05) is 54.0 Å². The van der Waals surface area contributed by atoms with Crippen molar-refractivity contribution in [2.24, 2.45) is 4.99 Å². The van der Waals surface area contributed by atoms with Crippen LogP contribution in [0.1, 0.15) is 11.3 Å². The largest absolute Gasteiger partial charge is 0.496 e. The van der Waals surface area contributed by atoms with Crippen molar-refractivity contribution in [2.45, 2.75) is 13.0 Å². The molecule has 0 bridgehead atoms. The summed E-state index contributed by atoms with van der Waals surface area (Å²) in [4.78, 5) is 11.1.